The first kappa shape index (κ1) is 12.6. The minimum Gasteiger partial charge on any atom is -0.345 e. The maximum absolute atomic E-state index is 13.7. The molecular formula is C14H9ClFN3O. The van der Waals surface area contributed by atoms with Crippen molar-refractivity contribution in [2.75, 3.05) is 5.32 Å². The van der Waals surface area contributed by atoms with Gasteiger partial charge in [-0.3, -0.25) is 4.79 Å². The van der Waals surface area contributed by atoms with Crippen molar-refractivity contribution in [3.05, 3.63) is 59.1 Å². The smallest absolute Gasteiger partial charge is 0.255 e. The van der Waals surface area contributed by atoms with E-state index in [0.29, 0.717) is 5.56 Å². The third-order valence-electron chi connectivity index (χ3n) is 2.88. The van der Waals surface area contributed by atoms with Gasteiger partial charge in [-0.2, -0.15) is 0 Å². The molecule has 0 unspecified atom stereocenters. The number of H-pyrrole nitrogens is 1. The molecule has 0 fully saturated rings. The first-order chi connectivity index (χ1) is 9.65. The average Bonchev–Trinajstić information content (AvgIpc) is 2.91. The Bertz CT molecular complexity index is 800. The van der Waals surface area contributed by atoms with Crippen LogP contribution in [0.3, 0.4) is 0 Å². The summed E-state index contributed by atoms with van der Waals surface area (Å²) < 4.78 is 13.7. The number of halogens is 2. The molecule has 1 aromatic heterocycles. The van der Waals surface area contributed by atoms with E-state index in [2.05, 4.69) is 15.3 Å². The van der Waals surface area contributed by atoms with E-state index in [1.54, 1.807) is 30.6 Å². The molecule has 0 radical (unpaired) electrons. The standard InChI is InChI=1S/C14H9ClFN3O/c15-9-2-1-3-11(13(9)16)19-14(20)8-4-5-10-12(6-8)18-7-17-10/h1-7H,(H,17,18)(H,19,20). The first-order valence-electron chi connectivity index (χ1n) is 5.83. The summed E-state index contributed by atoms with van der Waals surface area (Å²) in [5.41, 5.74) is 1.95. The van der Waals surface area contributed by atoms with Gasteiger partial charge in [-0.05, 0) is 30.3 Å². The van der Waals surface area contributed by atoms with Crippen LogP contribution >= 0.6 is 11.6 Å². The van der Waals surface area contributed by atoms with Crippen molar-refractivity contribution in [3.63, 3.8) is 0 Å². The SMILES string of the molecule is O=C(Nc1cccc(Cl)c1F)c1ccc2nc[nH]c2c1. The van der Waals surface area contributed by atoms with Crippen molar-refractivity contribution in [1.82, 2.24) is 9.97 Å². The Balaban J connectivity index is 1.90. The number of hydrogen-bond donors (Lipinski definition) is 2. The van der Waals surface area contributed by atoms with Gasteiger partial charge in [0.1, 0.15) is 0 Å². The molecule has 0 bridgehead atoms. The lowest BCUT2D eigenvalue weighted by molar-refractivity contribution is 0.102. The van der Waals surface area contributed by atoms with E-state index in [1.165, 1.54) is 12.1 Å². The van der Waals surface area contributed by atoms with Crippen molar-refractivity contribution < 1.29 is 9.18 Å². The predicted molar refractivity (Wildman–Crippen MR) is 75.5 cm³/mol. The number of carbonyl (C=O) groups excluding carboxylic acids is 1. The molecule has 3 aromatic rings. The summed E-state index contributed by atoms with van der Waals surface area (Å²) >= 11 is 5.67. The number of amides is 1. The highest BCUT2D eigenvalue weighted by atomic mass is 35.5. The van der Waals surface area contributed by atoms with Crippen molar-refractivity contribution in [2.45, 2.75) is 0 Å². The van der Waals surface area contributed by atoms with Gasteiger partial charge in [0.25, 0.3) is 5.91 Å². The molecule has 2 aromatic carbocycles. The van der Waals surface area contributed by atoms with E-state index >= 15 is 0 Å². The fraction of sp³-hybridized carbons (Fsp3) is 0. The number of benzene rings is 2. The monoisotopic (exact) mass is 289 g/mol. The van der Waals surface area contributed by atoms with E-state index in [0.717, 1.165) is 11.0 Å². The molecule has 0 atom stereocenters. The quantitative estimate of drug-likeness (QED) is 0.757. The van der Waals surface area contributed by atoms with Gasteiger partial charge in [0.15, 0.2) is 5.82 Å². The van der Waals surface area contributed by atoms with Gasteiger partial charge in [0, 0.05) is 5.56 Å². The van der Waals surface area contributed by atoms with Crippen LogP contribution in [0.25, 0.3) is 11.0 Å². The Kier molecular flexibility index (Phi) is 3.12. The Morgan fingerprint density at radius 1 is 1.30 bits per heavy atom. The second kappa shape index (κ2) is 4.94. The van der Waals surface area contributed by atoms with Crippen LogP contribution in [0.4, 0.5) is 10.1 Å². The average molecular weight is 290 g/mol. The number of aromatic nitrogens is 2. The summed E-state index contributed by atoms with van der Waals surface area (Å²) in [6.45, 7) is 0. The number of carbonyl (C=O) groups is 1. The highest BCUT2D eigenvalue weighted by Crippen LogP contribution is 2.22. The number of hydrogen-bond acceptors (Lipinski definition) is 2. The van der Waals surface area contributed by atoms with Gasteiger partial charge in [-0.25, -0.2) is 9.37 Å². The van der Waals surface area contributed by atoms with Crippen LogP contribution < -0.4 is 5.32 Å². The maximum Gasteiger partial charge on any atom is 0.255 e. The largest absolute Gasteiger partial charge is 0.345 e. The van der Waals surface area contributed by atoms with Gasteiger partial charge in [0.05, 0.1) is 28.1 Å². The summed E-state index contributed by atoms with van der Waals surface area (Å²) in [7, 11) is 0. The molecular weight excluding hydrogens is 281 g/mol. The van der Waals surface area contributed by atoms with E-state index in [1.807, 2.05) is 0 Å². The number of aromatic amines is 1. The van der Waals surface area contributed by atoms with E-state index < -0.39 is 11.7 Å². The Labute approximate surface area is 118 Å². The van der Waals surface area contributed by atoms with Gasteiger partial charge < -0.3 is 10.3 Å². The summed E-state index contributed by atoms with van der Waals surface area (Å²) in [5.74, 6) is -1.06. The topological polar surface area (TPSA) is 57.8 Å². The lowest BCUT2D eigenvalue weighted by atomic mass is 10.2. The van der Waals surface area contributed by atoms with Crippen LogP contribution in [-0.4, -0.2) is 15.9 Å². The number of nitrogens with one attached hydrogen (secondary N) is 2. The Morgan fingerprint density at radius 2 is 2.15 bits per heavy atom. The highest BCUT2D eigenvalue weighted by Gasteiger charge is 2.12. The minimum absolute atomic E-state index is 0.0354. The summed E-state index contributed by atoms with van der Waals surface area (Å²) in [4.78, 5) is 19.1. The van der Waals surface area contributed by atoms with Gasteiger partial charge in [0.2, 0.25) is 0 Å². The zero-order chi connectivity index (χ0) is 14.1. The van der Waals surface area contributed by atoms with Crippen molar-refractivity contribution in [2.24, 2.45) is 0 Å². The van der Waals surface area contributed by atoms with E-state index in [9.17, 15) is 9.18 Å². The summed E-state index contributed by atoms with van der Waals surface area (Å²) in [6, 6.07) is 9.44. The van der Waals surface area contributed by atoms with Crippen LogP contribution in [0, 0.1) is 5.82 Å². The number of nitrogens with zero attached hydrogens (tertiary/aromatic N) is 1. The highest BCUT2D eigenvalue weighted by molar-refractivity contribution is 6.31. The maximum atomic E-state index is 13.7. The number of rotatable bonds is 2. The minimum atomic E-state index is -0.648. The second-order valence-corrected chi connectivity index (χ2v) is 4.60. The fourth-order valence-electron chi connectivity index (χ4n) is 1.87. The lowest BCUT2D eigenvalue weighted by Crippen LogP contribution is -2.13. The van der Waals surface area contributed by atoms with E-state index in [4.69, 9.17) is 11.6 Å². The fourth-order valence-corrected chi connectivity index (χ4v) is 2.05. The molecule has 20 heavy (non-hydrogen) atoms. The van der Waals surface area contributed by atoms with Gasteiger partial charge >= 0.3 is 0 Å². The molecule has 100 valence electrons. The number of fused-ring (bicyclic) bond motifs is 1. The molecule has 1 heterocycles. The zero-order valence-corrected chi connectivity index (χ0v) is 10.9. The molecule has 0 saturated heterocycles. The van der Waals surface area contributed by atoms with Crippen molar-refractivity contribution in [1.29, 1.82) is 0 Å². The van der Waals surface area contributed by atoms with Crippen LogP contribution in [0.5, 0.6) is 0 Å². The Morgan fingerprint density at radius 3 is 3.00 bits per heavy atom. The normalized spacial score (nSPS) is 10.7. The van der Waals surface area contributed by atoms with Crippen molar-refractivity contribution >= 4 is 34.2 Å². The molecule has 0 aliphatic carbocycles. The number of imidazole rings is 1. The zero-order valence-electron chi connectivity index (χ0n) is 10.2. The molecule has 1 amide bonds. The van der Waals surface area contributed by atoms with Crippen LogP contribution in [-0.2, 0) is 0 Å². The Hall–Kier alpha value is -2.40. The molecule has 2 N–H and O–H groups in total. The molecule has 0 saturated carbocycles. The van der Waals surface area contributed by atoms with Crippen LogP contribution in [0.15, 0.2) is 42.7 Å². The third-order valence-corrected chi connectivity index (χ3v) is 3.17. The van der Waals surface area contributed by atoms with Crippen molar-refractivity contribution in [3.8, 4) is 0 Å². The summed E-state index contributed by atoms with van der Waals surface area (Å²) in [5, 5.41) is 2.46. The lowest BCUT2D eigenvalue weighted by Gasteiger charge is -2.07. The van der Waals surface area contributed by atoms with Gasteiger partial charge in [-0.15, -0.1) is 0 Å². The van der Waals surface area contributed by atoms with Gasteiger partial charge in [-0.1, -0.05) is 17.7 Å². The molecule has 0 aliphatic rings. The van der Waals surface area contributed by atoms with E-state index in [-0.39, 0.29) is 10.7 Å². The summed E-state index contributed by atoms with van der Waals surface area (Å²) in [6.07, 6.45) is 1.54. The van der Waals surface area contributed by atoms with Crippen LogP contribution in [0.2, 0.25) is 5.02 Å². The molecule has 0 spiro atoms. The third kappa shape index (κ3) is 2.23. The second-order valence-electron chi connectivity index (χ2n) is 4.19. The molecule has 6 heteroatoms. The number of anilines is 1. The predicted octanol–water partition coefficient (Wildman–Crippen LogP) is 3.61. The van der Waals surface area contributed by atoms with Crippen LogP contribution in [0.1, 0.15) is 10.4 Å². The molecule has 4 nitrogen and oxygen atoms in total. The molecule has 0 aliphatic heterocycles. The molecule has 3 rings (SSSR count). The first-order valence-corrected chi connectivity index (χ1v) is 6.21.